The lowest BCUT2D eigenvalue weighted by atomic mass is 9.94. The van der Waals surface area contributed by atoms with Crippen molar-refractivity contribution in [3.05, 3.63) is 22.4 Å². The molecule has 0 aliphatic carbocycles. The van der Waals surface area contributed by atoms with Crippen molar-refractivity contribution in [3.63, 3.8) is 0 Å². The van der Waals surface area contributed by atoms with E-state index in [2.05, 4.69) is 42.9 Å². The molecule has 1 aromatic rings. The molecule has 1 heterocycles. The lowest BCUT2D eigenvalue weighted by Gasteiger charge is -2.27. The summed E-state index contributed by atoms with van der Waals surface area (Å²) in [5, 5.41) is 17.9. The van der Waals surface area contributed by atoms with Crippen molar-refractivity contribution in [2.45, 2.75) is 58.1 Å². The van der Waals surface area contributed by atoms with Crippen LogP contribution in [0.1, 0.15) is 46.1 Å². The zero-order valence-electron chi connectivity index (χ0n) is 11.4. The van der Waals surface area contributed by atoms with Gasteiger partial charge in [-0.15, -0.1) is 0 Å². The van der Waals surface area contributed by atoms with E-state index in [1.54, 1.807) is 11.3 Å². The van der Waals surface area contributed by atoms with Crippen LogP contribution in [-0.2, 0) is 6.42 Å². The fourth-order valence-corrected chi connectivity index (χ4v) is 2.38. The Balaban J connectivity index is 2.26. The third-order valence-electron chi connectivity index (χ3n) is 2.85. The molecule has 0 aliphatic rings. The molecule has 0 amide bonds. The maximum Gasteiger partial charge on any atom is 0.0635 e. The van der Waals surface area contributed by atoms with Crippen LogP contribution >= 0.6 is 11.3 Å². The van der Waals surface area contributed by atoms with Gasteiger partial charge in [-0.05, 0) is 75.9 Å². The van der Waals surface area contributed by atoms with Crippen LogP contribution in [0, 0.1) is 0 Å². The first-order valence-corrected chi connectivity index (χ1v) is 7.21. The number of rotatable bonds is 6. The molecule has 2 nitrogen and oxygen atoms in total. The maximum atomic E-state index is 10.3. The average molecular weight is 255 g/mol. The van der Waals surface area contributed by atoms with Gasteiger partial charge < -0.3 is 10.4 Å². The summed E-state index contributed by atoms with van der Waals surface area (Å²) in [6, 6.07) is 2.13. The van der Waals surface area contributed by atoms with Crippen molar-refractivity contribution in [2.24, 2.45) is 0 Å². The van der Waals surface area contributed by atoms with Gasteiger partial charge in [0.2, 0.25) is 0 Å². The van der Waals surface area contributed by atoms with Crippen LogP contribution in [0.15, 0.2) is 16.8 Å². The van der Waals surface area contributed by atoms with Gasteiger partial charge in [-0.1, -0.05) is 0 Å². The largest absolute Gasteiger partial charge is 0.390 e. The number of nitrogens with one attached hydrogen (secondary N) is 1. The number of aryl methyl sites for hydroxylation is 1. The smallest absolute Gasteiger partial charge is 0.0635 e. The maximum absolute atomic E-state index is 10.3. The van der Waals surface area contributed by atoms with Crippen LogP contribution in [0.25, 0.3) is 0 Å². The summed E-state index contributed by atoms with van der Waals surface area (Å²) in [5.41, 5.74) is 0.892. The van der Waals surface area contributed by atoms with Crippen molar-refractivity contribution < 1.29 is 5.11 Å². The SMILES string of the molecule is CC(O)(CCNC(C)(C)C)CCc1ccsc1. The highest BCUT2D eigenvalue weighted by atomic mass is 32.1. The molecule has 0 spiro atoms. The lowest BCUT2D eigenvalue weighted by Crippen LogP contribution is -2.39. The predicted molar refractivity (Wildman–Crippen MR) is 75.6 cm³/mol. The Morgan fingerprint density at radius 1 is 1.24 bits per heavy atom. The third-order valence-corrected chi connectivity index (χ3v) is 3.58. The van der Waals surface area contributed by atoms with Crippen LogP contribution in [0.2, 0.25) is 0 Å². The average Bonchev–Trinajstić information content (AvgIpc) is 2.64. The fourth-order valence-electron chi connectivity index (χ4n) is 1.68. The van der Waals surface area contributed by atoms with Crippen molar-refractivity contribution in [1.29, 1.82) is 0 Å². The molecule has 0 bridgehead atoms. The molecule has 1 rings (SSSR count). The molecule has 0 saturated carbocycles. The van der Waals surface area contributed by atoms with E-state index in [4.69, 9.17) is 0 Å². The standard InChI is InChI=1S/C14H25NOS/c1-13(2,3)15-9-8-14(4,16)7-5-12-6-10-17-11-12/h6,10-11,15-16H,5,7-9H2,1-4H3. The summed E-state index contributed by atoms with van der Waals surface area (Å²) in [4.78, 5) is 0. The molecule has 0 radical (unpaired) electrons. The first kappa shape index (κ1) is 14.7. The molecule has 2 N–H and O–H groups in total. The summed E-state index contributed by atoms with van der Waals surface area (Å²) in [6.07, 6.45) is 2.59. The molecule has 0 saturated heterocycles. The van der Waals surface area contributed by atoms with E-state index in [1.807, 2.05) is 6.92 Å². The zero-order chi connectivity index (χ0) is 12.9. The zero-order valence-corrected chi connectivity index (χ0v) is 12.2. The number of thiophene rings is 1. The second kappa shape index (κ2) is 5.98. The van der Waals surface area contributed by atoms with E-state index in [1.165, 1.54) is 5.56 Å². The minimum atomic E-state index is -0.569. The highest BCUT2D eigenvalue weighted by Crippen LogP contribution is 2.19. The molecular formula is C14H25NOS. The predicted octanol–water partition coefficient (Wildman–Crippen LogP) is 3.21. The molecule has 1 atom stereocenters. The van der Waals surface area contributed by atoms with Crippen molar-refractivity contribution in [1.82, 2.24) is 5.32 Å². The highest BCUT2D eigenvalue weighted by molar-refractivity contribution is 7.07. The minimum Gasteiger partial charge on any atom is -0.390 e. The van der Waals surface area contributed by atoms with E-state index in [9.17, 15) is 5.11 Å². The summed E-state index contributed by atoms with van der Waals surface area (Å²) >= 11 is 1.72. The molecule has 3 heteroatoms. The molecule has 98 valence electrons. The van der Waals surface area contributed by atoms with Crippen molar-refractivity contribution >= 4 is 11.3 Å². The Bertz CT molecular complexity index is 311. The van der Waals surface area contributed by atoms with E-state index in [0.29, 0.717) is 0 Å². The van der Waals surface area contributed by atoms with Gasteiger partial charge in [0.05, 0.1) is 5.60 Å². The third kappa shape index (κ3) is 6.81. The first-order chi connectivity index (χ1) is 7.79. The van der Waals surface area contributed by atoms with E-state index in [0.717, 1.165) is 25.8 Å². The molecule has 0 aromatic carbocycles. The Hall–Kier alpha value is -0.380. The van der Waals surface area contributed by atoms with Gasteiger partial charge in [-0.2, -0.15) is 11.3 Å². The van der Waals surface area contributed by atoms with E-state index in [-0.39, 0.29) is 5.54 Å². The summed E-state index contributed by atoms with van der Waals surface area (Å²) in [6.45, 7) is 9.23. The van der Waals surface area contributed by atoms with Gasteiger partial charge in [0, 0.05) is 5.54 Å². The molecule has 17 heavy (non-hydrogen) atoms. The first-order valence-electron chi connectivity index (χ1n) is 6.27. The van der Waals surface area contributed by atoms with Crippen LogP contribution in [-0.4, -0.2) is 22.8 Å². The summed E-state index contributed by atoms with van der Waals surface area (Å²) in [7, 11) is 0. The lowest BCUT2D eigenvalue weighted by molar-refractivity contribution is 0.0411. The molecule has 1 aromatic heterocycles. The molecule has 0 aliphatic heterocycles. The molecule has 1 unspecified atom stereocenters. The summed E-state index contributed by atoms with van der Waals surface area (Å²) < 4.78 is 0. The van der Waals surface area contributed by atoms with E-state index < -0.39 is 5.60 Å². The Labute approximate surface area is 109 Å². The monoisotopic (exact) mass is 255 g/mol. The number of hydrogen-bond acceptors (Lipinski definition) is 3. The topological polar surface area (TPSA) is 32.3 Å². The molecule has 0 fully saturated rings. The van der Waals surface area contributed by atoms with Gasteiger partial charge in [0.25, 0.3) is 0 Å². The van der Waals surface area contributed by atoms with Gasteiger partial charge >= 0.3 is 0 Å². The van der Waals surface area contributed by atoms with Crippen LogP contribution in [0.3, 0.4) is 0 Å². The Morgan fingerprint density at radius 2 is 1.94 bits per heavy atom. The fraction of sp³-hybridized carbons (Fsp3) is 0.714. The van der Waals surface area contributed by atoms with Crippen LogP contribution < -0.4 is 5.32 Å². The minimum absolute atomic E-state index is 0.128. The van der Waals surface area contributed by atoms with Crippen molar-refractivity contribution in [2.75, 3.05) is 6.54 Å². The quantitative estimate of drug-likeness (QED) is 0.818. The normalized spacial score (nSPS) is 15.8. The van der Waals surface area contributed by atoms with Crippen LogP contribution in [0.4, 0.5) is 0 Å². The number of aliphatic hydroxyl groups is 1. The Kier molecular flexibility index (Phi) is 5.17. The van der Waals surface area contributed by atoms with Crippen LogP contribution in [0.5, 0.6) is 0 Å². The molecular weight excluding hydrogens is 230 g/mol. The van der Waals surface area contributed by atoms with E-state index >= 15 is 0 Å². The van der Waals surface area contributed by atoms with Gasteiger partial charge in [-0.3, -0.25) is 0 Å². The second-order valence-corrected chi connectivity index (χ2v) is 6.84. The van der Waals surface area contributed by atoms with Gasteiger partial charge in [0.1, 0.15) is 0 Å². The van der Waals surface area contributed by atoms with Gasteiger partial charge in [0.15, 0.2) is 0 Å². The second-order valence-electron chi connectivity index (χ2n) is 6.06. The number of hydrogen-bond donors (Lipinski definition) is 2. The van der Waals surface area contributed by atoms with Crippen molar-refractivity contribution in [3.8, 4) is 0 Å². The highest BCUT2D eigenvalue weighted by Gasteiger charge is 2.20. The van der Waals surface area contributed by atoms with Gasteiger partial charge in [-0.25, -0.2) is 0 Å². The summed E-state index contributed by atoms with van der Waals surface area (Å²) in [5.74, 6) is 0. The Morgan fingerprint density at radius 3 is 2.47 bits per heavy atom.